The third-order valence-corrected chi connectivity index (χ3v) is 5.22. The number of aliphatic hydroxyl groups excluding tert-OH is 1. The Morgan fingerprint density at radius 1 is 1.36 bits per heavy atom. The van der Waals surface area contributed by atoms with Gasteiger partial charge in [-0.05, 0) is 20.3 Å². The van der Waals surface area contributed by atoms with Crippen LogP contribution in [0, 0.1) is 16.7 Å². The second kappa shape index (κ2) is 7.28. The van der Waals surface area contributed by atoms with Gasteiger partial charge in [0.1, 0.15) is 29.4 Å². The molecule has 1 aliphatic carbocycles. The molecule has 8 nitrogen and oxygen atoms in total. The molecule has 0 aliphatic heterocycles. The Hall–Kier alpha value is -2.86. The fourth-order valence-corrected chi connectivity index (χ4v) is 3.17. The summed E-state index contributed by atoms with van der Waals surface area (Å²) in [5.74, 6) is 0.700. The van der Waals surface area contributed by atoms with E-state index in [2.05, 4.69) is 36.6 Å². The Morgan fingerprint density at radius 2 is 2.11 bits per heavy atom. The molecule has 0 bridgehead atoms. The molecule has 1 saturated carbocycles. The summed E-state index contributed by atoms with van der Waals surface area (Å²) in [6.45, 7) is 7.03. The first-order valence-electron chi connectivity index (χ1n) is 9.06. The zero-order chi connectivity index (χ0) is 20.5. The standard InChI is InChI=1S/C19H24FN7O/c1-18(2)13(5-14(18)28)26-16-11(6-21)8-23-17(27-16)24-9-12-7-22-10-25-15(12)19(3,4)20/h7-8,10,13-14,28H,5,9H2,1-4H3,(H2,23,24,26,27)/t13-,14+/m1/s1. The lowest BCUT2D eigenvalue weighted by Crippen LogP contribution is -2.57. The predicted molar refractivity (Wildman–Crippen MR) is 102 cm³/mol. The van der Waals surface area contributed by atoms with Crippen LogP contribution in [-0.2, 0) is 12.2 Å². The molecule has 0 saturated heterocycles. The van der Waals surface area contributed by atoms with E-state index < -0.39 is 11.8 Å². The second-order valence-electron chi connectivity index (χ2n) is 8.06. The highest BCUT2D eigenvalue weighted by molar-refractivity contribution is 5.54. The van der Waals surface area contributed by atoms with Gasteiger partial charge in [-0.15, -0.1) is 0 Å². The molecule has 3 N–H and O–H groups in total. The maximum atomic E-state index is 14.3. The highest BCUT2D eigenvalue weighted by Crippen LogP contribution is 2.42. The number of halogens is 1. The van der Waals surface area contributed by atoms with E-state index in [1.54, 1.807) is 6.20 Å². The Balaban J connectivity index is 1.77. The van der Waals surface area contributed by atoms with E-state index in [1.807, 2.05) is 13.8 Å². The van der Waals surface area contributed by atoms with Crippen molar-refractivity contribution in [2.75, 3.05) is 10.6 Å². The van der Waals surface area contributed by atoms with Crippen molar-refractivity contribution < 1.29 is 9.50 Å². The molecule has 3 rings (SSSR count). The Kier molecular flexibility index (Phi) is 5.17. The zero-order valence-electron chi connectivity index (χ0n) is 16.4. The summed E-state index contributed by atoms with van der Waals surface area (Å²) in [6, 6.07) is 2.07. The van der Waals surface area contributed by atoms with E-state index >= 15 is 0 Å². The number of nitriles is 1. The Labute approximate surface area is 163 Å². The first kappa shape index (κ1) is 19.9. The second-order valence-corrected chi connectivity index (χ2v) is 8.06. The van der Waals surface area contributed by atoms with Crippen LogP contribution in [0.15, 0.2) is 18.7 Å². The topological polar surface area (TPSA) is 120 Å². The molecule has 1 fully saturated rings. The average molecular weight is 385 g/mol. The van der Waals surface area contributed by atoms with Crippen LogP contribution in [0.5, 0.6) is 0 Å². The molecule has 0 aromatic carbocycles. The minimum Gasteiger partial charge on any atom is -0.392 e. The summed E-state index contributed by atoms with van der Waals surface area (Å²) in [5.41, 5.74) is -0.701. The van der Waals surface area contributed by atoms with Gasteiger partial charge in [0, 0.05) is 29.8 Å². The van der Waals surface area contributed by atoms with Gasteiger partial charge in [0.05, 0.1) is 18.0 Å². The predicted octanol–water partition coefficient (Wildman–Crippen LogP) is 2.53. The smallest absolute Gasteiger partial charge is 0.224 e. The van der Waals surface area contributed by atoms with E-state index in [0.717, 1.165) is 0 Å². The van der Waals surface area contributed by atoms with Gasteiger partial charge in [0.15, 0.2) is 0 Å². The maximum Gasteiger partial charge on any atom is 0.224 e. The van der Waals surface area contributed by atoms with Crippen LogP contribution in [0.4, 0.5) is 16.2 Å². The Bertz CT molecular complexity index is 904. The highest BCUT2D eigenvalue weighted by Gasteiger charge is 2.47. The molecule has 2 aromatic heterocycles. The molecule has 1 aliphatic rings. The molecule has 0 unspecified atom stereocenters. The van der Waals surface area contributed by atoms with Crippen LogP contribution < -0.4 is 10.6 Å². The maximum absolute atomic E-state index is 14.3. The molecule has 0 amide bonds. The van der Waals surface area contributed by atoms with Gasteiger partial charge in [0.25, 0.3) is 0 Å². The van der Waals surface area contributed by atoms with Gasteiger partial charge in [0.2, 0.25) is 5.95 Å². The van der Waals surface area contributed by atoms with Crippen molar-refractivity contribution in [3.05, 3.63) is 35.5 Å². The third kappa shape index (κ3) is 3.87. The molecular weight excluding hydrogens is 361 g/mol. The average Bonchev–Trinajstić information content (AvgIpc) is 2.65. The lowest BCUT2D eigenvalue weighted by molar-refractivity contribution is -0.0511. The summed E-state index contributed by atoms with van der Waals surface area (Å²) in [6.07, 6.45) is 4.49. The van der Waals surface area contributed by atoms with E-state index in [0.29, 0.717) is 35.0 Å². The van der Waals surface area contributed by atoms with Gasteiger partial charge in [-0.1, -0.05) is 13.8 Å². The molecule has 2 aromatic rings. The summed E-state index contributed by atoms with van der Waals surface area (Å²) < 4.78 is 14.3. The molecular formula is C19H24FN7O. The van der Waals surface area contributed by atoms with Crippen molar-refractivity contribution >= 4 is 11.8 Å². The molecule has 28 heavy (non-hydrogen) atoms. The van der Waals surface area contributed by atoms with Gasteiger partial charge >= 0.3 is 0 Å². The van der Waals surface area contributed by atoms with Crippen molar-refractivity contribution in [3.8, 4) is 6.07 Å². The van der Waals surface area contributed by atoms with Gasteiger partial charge in [-0.2, -0.15) is 10.2 Å². The minimum absolute atomic E-state index is 0.00110. The van der Waals surface area contributed by atoms with E-state index in [1.165, 1.54) is 26.4 Å². The number of hydrogen-bond donors (Lipinski definition) is 3. The van der Waals surface area contributed by atoms with Crippen LogP contribution in [-0.4, -0.2) is 37.2 Å². The zero-order valence-corrected chi connectivity index (χ0v) is 16.4. The van der Waals surface area contributed by atoms with Crippen LogP contribution in [0.3, 0.4) is 0 Å². The van der Waals surface area contributed by atoms with Gasteiger partial charge in [-0.25, -0.2) is 19.3 Å². The summed E-state index contributed by atoms with van der Waals surface area (Å²) in [7, 11) is 0. The van der Waals surface area contributed by atoms with Crippen molar-refractivity contribution in [2.24, 2.45) is 5.41 Å². The van der Waals surface area contributed by atoms with Crippen LogP contribution >= 0.6 is 0 Å². The molecule has 9 heteroatoms. The molecule has 148 valence electrons. The van der Waals surface area contributed by atoms with Crippen molar-refractivity contribution in [3.63, 3.8) is 0 Å². The number of nitrogens with zero attached hydrogens (tertiary/aromatic N) is 5. The third-order valence-electron chi connectivity index (χ3n) is 5.22. The fraction of sp³-hybridized carbons (Fsp3) is 0.526. The minimum atomic E-state index is -1.60. The van der Waals surface area contributed by atoms with Crippen molar-refractivity contribution in [1.29, 1.82) is 5.26 Å². The Morgan fingerprint density at radius 3 is 2.71 bits per heavy atom. The normalized spacial score (nSPS) is 20.8. The summed E-state index contributed by atoms with van der Waals surface area (Å²) in [5, 5.41) is 25.5. The SMILES string of the molecule is CC(C)(F)c1ncncc1CNc1ncc(C#N)c(N[C@@H]2C[C@H](O)C2(C)C)n1. The molecule has 2 atom stereocenters. The van der Waals surface area contributed by atoms with E-state index in [-0.39, 0.29) is 18.0 Å². The lowest BCUT2D eigenvalue weighted by Gasteiger charge is -2.49. The quantitative estimate of drug-likeness (QED) is 0.694. The first-order chi connectivity index (χ1) is 13.1. The summed E-state index contributed by atoms with van der Waals surface area (Å²) >= 11 is 0. The van der Waals surface area contributed by atoms with Crippen LogP contribution in [0.1, 0.15) is 50.9 Å². The highest BCUT2D eigenvalue weighted by atomic mass is 19.1. The number of alkyl halides is 1. The monoisotopic (exact) mass is 385 g/mol. The fourth-order valence-electron chi connectivity index (χ4n) is 3.17. The number of anilines is 2. The van der Waals surface area contributed by atoms with Crippen LogP contribution in [0.25, 0.3) is 0 Å². The first-order valence-corrected chi connectivity index (χ1v) is 9.06. The number of aliphatic hydroxyl groups is 1. The largest absolute Gasteiger partial charge is 0.392 e. The summed E-state index contributed by atoms with van der Waals surface area (Å²) in [4.78, 5) is 16.5. The number of aromatic nitrogens is 4. The number of hydrogen-bond acceptors (Lipinski definition) is 8. The van der Waals surface area contributed by atoms with Crippen LogP contribution in [0.2, 0.25) is 0 Å². The number of rotatable bonds is 6. The van der Waals surface area contributed by atoms with Gasteiger partial charge in [-0.3, -0.25) is 0 Å². The molecule has 0 spiro atoms. The lowest BCUT2D eigenvalue weighted by atomic mass is 9.64. The molecule has 0 radical (unpaired) electrons. The van der Waals surface area contributed by atoms with Crippen molar-refractivity contribution in [2.45, 2.75) is 58.5 Å². The van der Waals surface area contributed by atoms with Gasteiger partial charge < -0.3 is 15.7 Å². The number of nitrogens with one attached hydrogen (secondary N) is 2. The van der Waals surface area contributed by atoms with Crippen molar-refractivity contribution in [1.82, 2.24) is 19.9 Å². The molecule has 2 heterocycles. The van der Waals surface area contributed by atoms with E-state index in [4.69, 9.17) is 0 Å². The van der Waals surface area contributed by atoms with E-state index in [9.17, 15) is 14.8 Å².